The van der Waals surface area contributed by atoms with E-state index < -0.39 is 21.9 Å². The molecule has 0 fully saturated rings. The molecular formula is C19H22N2O5S2. The molecule has 0 spiro atoms. The fourth-order valence-corrected chi connectivity index (χ4v) is 3.94. The quantitative estimate of drug-likeness (QED) is 0.545. The average Bonchev–Trinajstić information content (AvgIpc) is 2.68. The molecule has 0 aromatic heterocycles. The Hall–Kier alpha value is -2.36. The number of likely N-dealkylation sites (N-methyl/N-ethyl adjacent to an activating group) is 1. The maximum absolute atomic E-state index is 12.6. The van der Waals surface area contributed by atoms with Gasteiger partial charge in [0.05, 0.1) is 24.1 Å². The maximum atomic E-state index is 12.6. The smallest absolute Gasteiger partial charge is 0.337 e. The summed E-state index contributed by atoms with van der Waals surface area (Å²) in [6.45, 7) is 1.40. The number of nitrogens with zero attached hydrogens (tertiary/aromatic N) is 1. The van der Waals surface area contributed by atoms with Crippen molar-refractivity contribution >= 4 is 39.3 Å². The number of carbonyl (C=O) groups is 2. The van der Waals surface area contributed by atoms with Crippen molar-refractivity contribution in [3.8, 4) is 0 Å². The number of esters is 1. The summed E-state index contributed by atoms with van der Waals surface area (Å²) < 4.78 is 30.9. The Labute approximate surface area is 169 Å². The van der Waals surface area contributed by atoms with E-state index in [1.807, 2.05) is 6.26 Å². The highest BCUT2D eigenvalue weighted by Gasteiger charge is 2.23. The SMILES string of the molecule is COC(=O)c1ccc(C)c(NC(=O)CN(C)S(=O)(=O)c2ccc(SC)cc2)c1. The van der Waals surface area contributed by atoms with Gasteiger partial charge in [-0.15, -0.1) is 11.8 Å². The number of carbonyl (C=O) groups excluding carboxylic acids is 2. The van der Waals surface area contributed by atoms with E-state index in [0.29, 0.717) is 11.3 Å². The Bertz CT molecular complexity index is 972. The van der Waals surface area contributed by atoms with Crippen molar-refractivity contribution in [2.45, 2.75) is 16.7 Å². The van der Waals surface area contributed by atoms with Gasteiger partial charge in [-0.1, -0.05) is 6.07 Å². The van der Waals surface area contributed by atoms with E-state index in [0.717, 1.165) is 14.8 Å². The van der Waals surface area contributed by atoms with Crippen LogP contribution in [-0.4, -0.2) is 51.6 Å². The molecule has 0 atom stereocenters. The van der Waals surface area contributed by atoms with E-state index in [4.69, 9.17) is 0 Å². The van der Waals surface area contributed by atoms with Gasteiger partial charge in [0.2, 0.25) is 15.9 Å². The largest absolute Gasteiger partial charge is 0.465 e. The number of amides is 1. The van der Waals surface area contributed by atoms with E-state index in [2.05, 4.69) is 10.1 Å². The molecule has 0 saturated heterocycles. The highest BCUT2D eigenvalue weighted by Crippen LogP contribution is 2.21. The number of nitrogens with one attached hydrogen (secondary N) is 1. The molecule has 1 N–H and O–H groups in total. The van der Waals surface area contributed by atoms with Crippen LogP contribution in [0, 0.1) is 6.92 Å². The van der Waals surface area contributed by atoms with Crippen LogP contribution in [0.3, 0.4) is 0 Å². The van der Waals surface area contributed by atoms with Crippen molar-refractivity contribution in [2.75, 3.05) is 32.3 Å². The zero-order valence-electron chi connectivity index (χ0n) is 16.1. The van der Waals surface area contributed by atoms with E-state index in [9.17, 15) is 18.0 Å². The van der Waals surface area contributed by atoms with Crippen LogP contribution in [0.1, 0.15) is 15.9 Å². The fourth-order valence-electron chi connectivity index (χ4n) is 2.41. The summed E-state index contributed by atoms with van der Waals surface area (Å²) in [7, 11) is -1.19. The highest BCUT2D eigenvalue weighted by atomic mass is 32.2. The van der Waals surface area contributed by atoms with Crippen LogP contribution in [0.2, 0.25) is 0 Å². The molecule has 0 bridgehead atoms. The number of hydrogen-bond acceptors (Lipinski definition) is 6. The van der Waals surface area contributed by atoms with Gasteiger partial charge in [0.1, 0.15) is 0 Å². The molecule has 0 unspecified atom stereocenters. The summed E-state index contributed by atoms with van der Waals surface area (Å²) in [5.74, 6) is -1.04. The van der Waals surface area contributed by atoms with Crippen molar-refractivity contribution in [1.82, 2.24) is 4.31 Å². The summed E-state index contributed by atoms with van der Waals surface area (Å²) in [6.07, 6.45) is 1.90. The molecule has 150 valence electrons. The molecule has 2 rings (SSSR count). The minimum atomic E-state index is -3.80. The van der Waals surface area contributed by atoms with Crippen LogP contribution in [0.5, 0.6) is 0 Å². The number of anilines is 1. The van der Waals surface area contributed by atoms with Gasteiger partial charge >= 0.3 is 5.97 Å². The molecule has 0 saturated carbocycles. The second kappa shape index (κ2) is 9.22. The minimum absolute atomic E-state index is 0.115. The van der Waals surface area contributed by atoms with E-state index >= 15 is 0 Å². The Morgan fingerprint density at radius 1 is 1.14 bits per heavy atom. The van der Waals surface area contributed by atoms with Gasteiger partial charge in [-0.25, -0.2) is 13.2 Å². The van der Waals surface area contributed by atoms with Gasteiger partial charge < -0.3 is 10.1 Å². The first-order valence-corrected chi connectivity index (χ1v) is 10.9. The van der Waals surface area contributed by atoms with E-state index in [-0.39, 0.29) is 11.4 Å². The van der Waals surface area contributed by atoms with Gasteiger partial charge in [0.25, 0.3) is 0 Å². The highest BCUT2D eigenvalue weighted by molar-refractivity contribution is 7.98. The van der Waals surface area contributed by atoms with Crippen molar-refractivity contribution in [2.24, 2.45) is 0 Å². The lowest BCUT2D eigenvalue weighted by molar-refractivity contribution is -0.116. The zero-order chi connectivity index (χ0) is 20.9. The predicted octanol–water partition coefficient (Wildman–Crippen LogP) is 2.76. The Kier molecular flexibility index (Phi) is 7.22. The monoisotopic (exact) mass is 422 g/mol. The number of methoxy groups -OCH3 is 1. The number of ether oxygens (including phenoxy) is 1. The van der Waals surface area contributed by atoms with Crippen LogP contribution in [0.15, 0.2) is 52.3 Å². The van der Waals surface area contributed by atoms with E-state index in [1.54, 1.807) is 31.2 Å². The zero-order valence-corrected chi connectivity index (χ0v) is 17.7. The number of sulfonamides is 1. The predicted molar refractivity (Wildman–Crippen MR) is 109 cm³/mol. The normalized spacial score (nSPS) is 11.3. The number of aryl methyl sites for hydroxylation is 1. The van der Waals surface area contributed by atoms with Gasteiger partial charge in [-0.05, 0) is 55.1 Å². The Morgan fingerprint density at radius 2 is 1.79 bits per heavy atom. The van der Waals surface area contributed by atoms with Crippen molar-refractivity contribution < 1.29 is 22.7 Å². The Morgan fingerprint density at radius 3 is 2.36 bits per heavy atom. The van der Waals surface area contributed by atoms with Crippen LogP contribution in [-0.2, 0) is 19.6 Å². The molecule has 2 aromatic carbocycles. The molecule has 0 aliphatic carbocycles. The summed E-state index contributed by atoms with van der Waals surface area (Å²) >= 11 is 1.51. The third kappa shape index (κ3) is 5.12. The number of rotatable bonds is 7. The van der Waals surface area contributed by atoms with Gasteiger partial charge in [-0.2, -0.15) is 4.31 Å². The first-order valence-electron chi connectivity index (χ1n) is 8.28. The molecule has 0 radical (unpaired) electrons. The fraction of sp³-hybridized carbons (Fsp3) is 0.263. The topological polar surface area (TPSA) is 92.8 Å². The summed E-state index contributed by atoms with van der Waals surface area (Å²) in [6, 6.07) is 11.2. The molecule has 28 heavy (non-hydrogen) atoms. The molecule has 7 nitrogen and oxygen atoms in total. The minimum Gasteiger partial charge on any atom is -0.465 e. The summed E-state index contributed by atoms with van der Waals surface area (Å²) in [5, 5.41) is 2.65. The summed E-state index contributed by atoms with van der Waals surface area (Å²) in [5.41, 5.74) is 1.44. The van der Waals surface area contributed by atoms with Crippen LogP contribution >= 0.6 is 11.8 Å². The third-order valence-corrected chi connectivity index (χ3v) is 6.63. The third-order valence-electron chi connectivity index (χ3n) is 4.07. The molecule has 9 heteroatoms. The van der Waals surface area contributed by atoms with Crippen LogP contribution < -0.4 is 5.32 Å². The van der Waals surface area contributed by atoms with Crippen molar-refractivity contribution in [3.05, 3.63) is 53.6 Å². The lowest BCUT2D eigenvalue weighted by Crippen LogP contribution is -2.35. The van der Waals surface area contributed by atoms with Crippen LogP contribution in [0.4, 0.5) is 5.69 Å². The molecule has 1 amide bonds. The lowest BCUT2D eigenvalue weighted by Gasteiger charge is -2.18. The molecule has 0 aliphatic rings. The van der Waals surface area contributed by atoms with Gasteiger partial charge in [0, 0.05) is 17.6 Å². The van der Waals surface area contributed by atoms with Gasteiger partial charge in [-0.3, -0.25) is 4.79 Å². The van der Waals surface area contributed by atoms with E-state index in [1.165, 1.54) is 44.1 Å². The molecule has 0 heterocycles. The number of benzene rings is 2. The molecule has 2 aromatic rings. The molecule has 0 aliphatic heterocycles. The van der Waals surface area contributed by atoms with Gasteiger partial charge in [0.15, 0.2) is 0 Å². The number of hydrogen-bond donors (Lipinski definition) is 1. The van der Waals surface area contributed by atoms with Crippen molar-refractivity contribution in [1.29, 1.82) is 0 Å². The first-order chi connectivity index (χ1) is 13.2. The van der Waals surface area contributed by atoms with Crippen molar-refractivity contribution in [3.63, 3.8) is 0 Å². The average molecular weight is 423 g/mol. The second-order valence-electron chi connectivity index (χ2n) is 6.01. The standard InChI is InChI=1S/C19H22N2O5S2/c1-13-5-6-14(19(23)26-3)11-17(13)20-18(22)12-21(2)28(24,25)16-9-7-15(27-4)8-10-16/h5-11H,12H2,1-4H3,(H,20,22). The lowest BCUT2D eigenvalue weighted by atomic mass is 10.1. The number of thioether (sulfide) groups is 1. The molecular weight excluding hydrogens is 400 g/mol. The maximum Gasteiger partial charge on any atom is 0.337 e. The summed E-state index contributed by atoms with van der Waals surface area (Å²) in [4.78, 5) is 25.1. The second-order valence-corrected chi connectivity index (χ2v) is 8.93. The first kappa shape index (κ1) is 21.9. The Balaban J connectivity index is 2.12. The van der Waals surface area contributed by atoms with Crippen LogP contribution in [0.25, 0.3) is 0 Å².